The van der Waals surface area contributed by atoms with Crippen molar-refractivity contribution in [1.29, 1.82) is 0 Å². The number of nitrogens with zero attached hydrogens (tertiary/aromatic N) is 2. The second-order valence-electron chi connectivity index (χ2n) is 8.01. The van der Waals surface area contributed by atoms with Crippen LogP contribution in [0.25, 0.3) is 0 Å². The van der Waals surface area contributed by atoms with Gasteiger partial charge in [0.1, 0.15) is 5.75 Å². The van der Waals surface area contributed by atoms with Gasteiger partial charge in [0.25, 0.3) is 0 Å². The molecule has 5 heteroatoms. The highest BCUT2D eigenvalue weighted by Crippen LogP contribution is 2.29. The van der Waals surface area contributed by atoms with Crippen LogP contribution >= 0.6 is 0 Å². The summed E-state index contributed by atoms with van der Waals surface area (Å²) in [6.45, 7) is 6.38. The van der Waals surface area contributed by atoms with Gasteiger partial charge < -0.3 is 15.0 Å². The predicted octanol–water partition coefficient (Wildman–Crippen LogP) is 3.32. The van der Waals surface area contributed by atoms with Gasteiger partial charge in [0.05, 0.1) is 7.11 Å². The molecule has 0 spiro atoms. The first kappa shape index (κ1) is 20.0. The molecule has 1 atom stereocenters. The SMILES string of the molecule is CCCN(CC1CCN(C(=O)NC)CC1)C1CCc2ccc(OC)cc2C1. The molecule has 0 aromatic heterocycles. The zero-order chi connectivity index (χ0) is 19.2. The summed E-state index contributed by atoms with van der Waals surface area (Å²) in [6, 6.07) is 7.25. The summed E-state index contributed by atoms with van der Waals surface area (Å²) >= 11 is 0. The van der Waals surface area contributed by atoms with Gasteiger partial charge >= 0.3 is 6.03 Å². The lowest BCUT2D eigenvalue weighted by Crippen LogP contribution is -2.47. The average molecular weight is 374 g/mol. The third kappa shape index (κ3) is 4.95. The van der Waals surface area contributed by atoms with Crippen LogP contribution in [0.5, 0.6) is 5.75 Å². The molecule has 1 N–H and O–H groups in total. The number of urea groups is 1. The van der Waals surface area contributed by atoms with Crippen LogP contribution in [0.1, 0.15) is 43.7 Å². The Morgan fingerprint density at radius 2 is 2.04 bits per heavy atom. The van der Waals surface area contributed by atoms with E-state index in [4.69, 9.17) is 4.74 Å². The quantitative estimate of drug-likeness (QED) is 0.832. The lowest BCUT2D eigenvalue weighted by molar-refractivity contribution is 0.117. The fourth-order valence-electron chi connectivity index (χ4n) is 4.67. The van der Waals surface area contributed by atoms with E-state index in [1.54, 1.807) is 14.2 Å². The molecule has 3 rings (SSSR count). The van der Waals surface area contributed by atoms with Crippen LogP contribution in [0, 0.1) is 5.92 Å². The summed E-state index contributed by atoms with van der Waals surface area (Å²) in [7, 11) is 3.46. The standard InChI is InChI=1S/C22H35N3O2/c1-4-11-25(16-17-9-12-24(13-10-17)22(26)23-2)20-7-5-18-6-8-21(27-3)15-19(18)14-20/h6,8,15,17,20H,4-5,7,9-14,16H2,1-3H3,(H,23,26). The fourth-order valence-corrected chi connectivity index (χ4v) is 4.67. The van der Waals surface area contributed by atoms with Crippen molar-refractivity contribution in [2.75, 3.05) is 40.3 Å². The largest absolute Gasteiger partial charge is 0.497 e. The highest BCUT2D eigenvalue weighted by molar-refractivity contribution is 5.73. The van der Waals surface area contributed by atoms with Crippen LogP contribution in [-0.4, -0.2) is 62.2 Å². The summed E-state index contributed by atoms with van der Waals surface area (Å²) < 4.78 is 5.43. The maximum absolute atomic E-state index is 11.8. The molecule has 0 radical (unpaired) electrons. The molecule has 1 aliphatic heterocycles. The molecule has 1 saturated heterocycles. The van der Waals surface area contributed by atoms with Crippen LogP contribution in [0.15, 0.2) is 18.2 Å². The van der Waals surface area contributed by atoms with Gasteiger partial charge in [-0.05, 0) is 74.2 Å². The zero-order valence-electron chi connectivity index (χ0n) is 17.2. The van der Waals surface area contributed by atoms with E-state index in [1.807, 2.05) is 4.90 Å². The number of hydrogen-bond donors (Lipinski definition) is 1. The van der Waals surface area contributed by atoms with Crippen LogP contribution in [0.3, 0.4) is 0 Å². The van der Waals surface area contributed by atoms with Crippen LogP contribution in [-0.2, 0) is 12.8 Å². The number of amides is 2. The fraction of sp³-hybridized carbons (Fsp3) is 0.682. The van der Waals surface area contributed by atoms with Crippen molar-refractivity contribution in [2.45, 2.75) is 51.5 Å². The number of rotatable bonds is 6. The Morgan fingerprint density at radius 3 is 2.70 bits per heavy atom. The Kier molecular flexibility index (Phi) is 7.00. The maximum atomic E-state index is 11.8. The molecule has 2 amide bonds. The van der Waals surface area contributed by atoms with Crippen molar-refractivity contribution in [1.82, 2.24) is 15.1 Å². The molecule has 0 saturated carbocycles. The molecule has 5 nitrogen and oxygen atoms in total. The Balaban J connectivity index is 1.60. The van der Waals surface area contributed by atoms with E-state index in [2.05, 4.69) is 35.3 Å². The number of hydrogen-bond acceptors (Lipinski definition) is 3. The number of benzene rings is 1. The number of carbonyl (C=O) groups is 1. The van der Waals surface area contributed by atoms with Crippen LogP contribution in [0.4, 0.5) is 4.79 Å². The summed E-state index contributed by atoms with van der Waals surface area (Å²) in [5, 5.41) is 2.75. The monoisotopic (exact) mass is 373 g/mol. The maximum Gasteiger partial charge on any atom is 0.317 e. The number of fused-ring (bicyclic) bond motifs is 1. The molecule has 0 bridgehead atoms. The number of nitrogens with one attached hydrogen (secondary N) is 1. The normalized spacial score (nSPS) is 20.4. The van der Waals surface area contributed by atoms with E-state index < -0.39 is 0 Å². The summed E-state index contributed by atoms with van der Waals surface area (Å²) in [5.74, 6) is 1.67. The van der Waals surface area contributed by atoms with Crippen molar-refractivity contribution >= 4 is 6.03 Å². The molecule has 1 aromatic carbocycles. The minimum Gasteiger partial charge on any atom is -0.497 e. The topological polar surface area (TPSA) is 44.8 Å². The van der Waals surface area contributed by atoms with Gasteiger partial charge in [-0.15, -0.1) is 0 Å². The van der Waals surface area contributed by atoms with Gasteiger partial charge in [-0.1, -0.05) is 13.0 Å². The minimum absolute atomic E-state index is 0.0664. The molecular formula is C22H35N3O2. The number of aryl methyl sites for hydroxylation is 1. The molecule has 150 valence electrons. The van der Waals surface area contributed by atoms with E-state index in [0.717, 1.165) is 38.1 Å². The average Bonchev–Trinajstić information content (AvgIpc) is 2.72. The molecule has 1 aromatic rings. The van der Waals surface area contributed by atoms with Crippen molar-refractivity contribution in [3.05, 3.63) is 29.3 Å². The number of carbonyl (C=O) groups excluding carboxylic acids is 1. The van der Waals surface area contributed by atoms with E-state index in [0.29, 0.717) is 12.0 Å². The Bertz CT molecular complexity index is 626. The first-order valence-corrected chi connectivity index (χ1v) is 10.5. The van der Waals surface area contributed by atoms with Crippen molar-refractivity contribution in [3.8, 4) is 5.75 Å². The molecule has 1 unspecified atom stereocenters. The summed E-state index contributed by atoms with van der Waals surface area (Å²) in [4.78, 5) is 16.5. The second-order valence-corrected chi connectivity index (χ2v) is 8.01. The van der Waals surface area contributed by atoms with Gasteiger partial charge in [-0.2, -0.15) is 0 Å². The molecule has 1 heterocycles. The lowest BCUT2D eigenvalue weighted by atomic mass is 9.86. The predicted molar refractivity (Wildman–Crippen MR) is 109 cm³/mol. The highest BCUT2D eigenvalue weighted by atomic mass is 16.5. The van der Waals surface area contributed by atoms with E-state index in [-0.39, 0.29) is 6.03 Å². The lowest BCUT2D eigenvalue weighted by Gasteiger charge is -2.39. The third-order valence-electron chi connectivity index (χ3n) is 6.25. The molecule has 1 fully saturated rings. The summed E-state index contributed by atoms with van der Waals surface area (Å²) in [6.07, 6.45) is 6.97. The first-order valence-electron chi connectivity index (χ1n) is 10.5. The van der Waals surface area contributed by atoms with Gasteiger partial charge in [-0.3, -0.25) is 4.90 Å². The number of ether oxygens (including phenoxy) is 1. The van der Waals surface area contributed by atoms with Gasteiger partial charge in [0, 0.05) is 32.7 Å². The van der Waals surface area contributed by atoms with Gasteiger partial charge in [-0.25, -0.2) is 4.79 Å². The Labute approximate surface area is 164 Å². The van der Waals surface area contributed by atoms with Gasteiger partial charge in [0.15, 0.2) is 0 Å². The first-order chi connectivity index (χ1) is 13.1. The van der Waals surface area contributed by atoms with E-state index in [9.17, 15) is 4.79 Å². The second kappa shape index (κ2) is 9.45. The van der Waals surface area contributed by atoms with Crippen LogP contribution < -0.4 is 10.1 Å². The third-order valence-corrected chi connectivity index (χ3v) is 6.25. The highest BCUT2D eigenvalue weighted by Gasteiger charge is 2.28. The molecule has 2 aliphatic rings. The van der Waals surface area contributed by atoms with Crippen molar-refractivity contribution in [2.24, 2.45) is 5.92 Å². The summed E-state index contributed by atoms with van der Waals surface area (Å²) in [5.41, 5.74) is 2.95. The van der Waals surface area contributed by atoms with Crippen LogP contribution in [0.2, 0.25) is 0 Å². The number of likely N-dealkylation sites (tertiary alicyclic amines) is 1. The Hall–Kier alpha value is -1.75. The zero-order valence-corrected chi connectivity index (χ0v) is 17.2. The number of methoxy groups -OCH3 is 1. The van der Waals surface area contributed by atoms with E-state index in [1.165, 1.54) is 43.5 Å². The molecule has 27 heavy (non-hydrogen) atoms. The molecular weight excluding hydrogens is 338 g/mol. The van der Waals surface area contributed by atoms with Crippen molar-refractivity contribution < 1.29 is 9.53 Å². The number of piperidine rings is 1. The van der Waals surface area contributed by atoms with E-state index >= 15 is 0 Å². The molecule has 1 aliphatic carbocycles. The Morgan fingerprint density at radius 1 is 1.26 bits per heavy atom. The van der Waals surface area contributed by atoms with Crippen molar-refractivity contribution in [3.63, 3.8) is 0 Å². The smallest absolute Gasteiger partial charge is 0.317 e. The minimum atomic E-state index is 0.0664. The van der Waals surface area contributed by atoms with Gasteiger partial charge in [0.2, 0.25) is 0 Å².